The number of rotatable bonds is 53. The SMILES string of the molecule is CC/C=C\C/C=C\C/C=C\C/C=C\CCC(=O)OC(COC(=O)CCCCC/C=C\C/C=C\C/C=C\CC)COC(=O)CCCCCCCCCCCCCCCC/C=C\C/C=C\C/C=C\CCCCCCC. The number of hydrogen-bond donors (Lipinski definition) is 0. The molecule has 0 saturated heterocycles. The first kappa shape index (κ1) is 68.8. The van der Waals surface area contributed by atoms with Crippen molar-refractivity contribution in [1.29, 1.82) is 0 Å². The first-order valence-electron chi connectivity index (χ1n) is 30.0. The third-order valence-corrected chi connectivity index (χ3v) is 12.4. The van der Waals surface area contributed by atoms with Gasteiger partial charge in [0.05, 0.1) is 0 Å². The van der Waals surface area contributed by atoms with E-state index >= 15 is 0 Å². The maximum absolute atomic E-state index is 12.8. The van der Waals surface area contributed by atoms with Gasteiger partial charge in [-0.15, -0.1) is 0 Å². The van der Waals surface area contributed by atoms with E-state index in [-0.39, 0.29) is 31.6 Å². The summed E-state index contributed by atoms with van der Waals surface area (Å²) in [7, 11) is 0. The predicted molar refractivity (Wildman–Crippen MR) is 316 cm³/mol. The first-order valence-corrected chi connectivity index (χ1v) is 30.0. The number of carbonyl (C=O) groups is 3. The Morgan fingerprint density at radius 3 is 0.904 bits per heavy atom. The fraction of sp³-hybridized carbons (Fsp3) is 0.657. The maximum Gasteiger partial charge on any atom is 0.306 e. The van der Waals surface area contributed by atoms with E-state index in [4.69, 9.17) is 14.2 Å². The number of allylic oxidation sites excluding steroid dienone is 20. The van der Waals surface area contributed by atoms with Crippen LogP contribution in [0.4, 0.5) is 0 Å². The summed E-state index contributed by atoms with van der Waals surface area (Å²) in [5.41, 5.74) is 0. The summed E-state index contributed by atoms with van der Waals surface area (Å²) < 4.78 is 16.7. The molecule has 0 radical (unpaired) electrons. The molecule has 0 aliphatic rings. The summed E-state index contributed by atoms with van der Waals surface area (Å²) in [6, 6.07) is 0. The Kier molecular flexibility index (Phi) is 56.9. The van der Waals surface area contributed by atoms with E-state index in [0.29, 0.717) is 19.3 Å². The molecule has 1 unspecified atom stereocenters. The standard InChI is InChI=1S/C67H110O6/c1-4-7-10-13-16-19-22-25-26-27-28-29-30-31-32-33-34-35-36-37-38-39-40-43-45-48-51-54-57-60-66(69)72-63-64(73-67(70)61-58-55-52-49-46-42-24-21-18-15-12-9-6-3)62-71-65(68)59-56-53-50-47-44-41-23-20-17-14-11-8-5-2/h8-9,11-12,17-18,20-22,25,27-28,30-31,41-42,44,46,52,55,64H,4-7,10,13-16,19,23-24,26,29,32-40,43,45,47-51,53-54,56-63H2,1-3H3/b11-8-,12-9-,20-17-,21-18-,25-22-,28-27-,31-30-,44-41-,46-42-,55-52-. The van der Waals surface area contributed by atoms with E-state index in [9.17, 15) is 14.4 Å². The largest absolute Gasteiger partial charge is 0.462 e. The second kappa shape index (κ2) is 60.4. The van der Waals surface area contributed by atoms with Gasteiger partial charge in [-0.3, -0.25) is 14.4 Å². The van der Waals surface area contributed by atoms with Gasteiger partial charge in [-0.1, -0.05) is 251 Å². The number of hydrogen-bond acceptors (Lipinski definition) is 6. The van der Waals surface area contributed by atoms with E-state index in [0.717, 1.165) is 103 Å². The molecule has 0 aromatic rings. The summed E-state index contributed by atoms with van der Waals surface area (Å²) in [6.45, 7) is 6.31. The van der Waals surface area contributed by atoms with Gasteiger partial charge in [0.1, 0.15) is 13.2 Å². The van der Waals surface area contributed by atoms with Crippen molar-refractivity contribution in [3.8, 4) is 0 Å². The Morgan fingerprint density at radius 1 is 0.288 bits per heavy atom. The fourth-order valence-electron chi connectivity index (χ4n) is 8.01. The Morgan fingerprint density at radius 2 is 0.562 bits per heavy atom. The van der Waals surface area contributed by atoms with Crippen LogP contribution in [0.2, 0.25) is 0 Å². The van der Waals surface area contributed by atoms with Crippen LogP contribution in [0.25, 0.3) is 0 Å². The van der Waals surface area contributed by atoms with E-state index < -0.39 is 12.1 Å². The zero-order valence-electron chi connectivity index (χ0n) is 47.4. The highest BCUT2D eigenvalue weighted by molar-refractivity contribution is 5.71. The Labute approximate surface area is 450 Å². The lowest BCUT2D eigenvalue weighted by Gasteiger charge is -2.18. The average molecular weight is 1010 g/mol. The number of unbranched alkanes of at least 4 members (excludes halogenated alkanes) is 22. The van der Waals surface area contributed by atoms with Gasteiger partial charge in [0, 0.05) is 19.3 Å². The molecule has 0 N–H and O–H groups in total. The molecule has 6 heteroatoms. The van der Waals surface area contributed by atoms with Gasteiger partial charge in [-0.2, -0.15) is 0 Å². The van der Waals surface area contributed by atoms with Crippen molar-refractivity contribution >= 4 is 17.9 Å². The lowest BCUT2D eigenvalue weighted by atomic mass is 10.0. The molecule has 0 aliphatic carbocycles. The lowest BCUT2D eigenvalue weighted by molar-refractivity contribution is -0.166. The molecule has 6 nitrogen and oxygen atoms in total. The zero-order valence-corrected chi connectivity index (χ0v) is 47.4. The van der Waals surface area contributed by atoms with Gasteiger partial charge in [-0.25, -0.2) is 0 Å². The first-order chi connectivity index (χ1) is 36.0. The Hall–Kier alpha value is -4.19. The highest BCUT2D eigenvalue weighted by Gasteiger charge is 2.19. The summed E-state index contributed by atoms with van der Waals surface area (Å²) in [4.78, 5) is 38.1. The molecule has 0 aromatic carbocycles. The third-order valence-electron chi connectivity index (χ3n) is 12.4. The molecular weight excluding hydrogens is 901 g/mol. The fourth-order valence-corrected chi connectivity index (χ4v) is 8.01. The summed E-state index contributed by atoms with van der Waals surface area (Å²) in [5, 5.41) is 0. The van der Waals surface area contributed by atoms with Crippen LogP contribution in [0, 0.1) is 0 Å². The quantitative estimate of drug-likeness (QED) is 0.0261. The monoisotopic (exact) mass is 1010 g/mol. The van der Waals surface area contributed by atoms with Crippen molar-refractivity contribution < 1.29 is 28.6 Å². The lowest BCUT2D eigenvalue weighted by Crippen LogP contribution is -2.30. The van der Waals surface area contributed by atoms with Crippen molar-refractivity contribution in [2.75, 3.05) is 13.2 Å². The van der Waals surface area contributed by atoms with Crippen LogP contribution in [-0.2, 0) is 28.6 Å². The van der Waals surface area contributed by atoms with Crippen molar-refractivity contribution in [3.63, 3.8) is 0 Å². The molecule has 1 atom stereocenters. The van der Waals surface area contributed by atoms with Crippen molar-refractivity contribution in [2.24, 2.45) is 0 Å². The van der Waals surface area contributed by atoms with E-state index in [1.54, 1.807) is 0 Å². The topological polar surface area (TPSA) is 78.9 Å². The second-order valence-corrected chi connectivity index (χ2v) is 19.5. The molecule has 414 valence electrons. The van der Waals surface area contributed by atoms with Gasteiger partial charge in [0.15, 0.2) is 6.10 Å². The van der Waals surface area contributed by atoms with Crippen LogP contribution in [-0.4, -0.2) is 37.2 Å². The highest BCUT2D eigenvalue weighted by Crippen LogP contribution is 2.15. The molecular formula is C67H110O6. The van der Waals surface area contributed by atoms with Crippen LogP contribution in [0.1, 0.15) is 265 Å². The van der Waals surface area contributed by atoms with Crippen molar-refractivity contribution in [3.05, 3.63) is 122 Å². The predicted octanol–water partition coefficient (Wildman–Crippen LogP) is 20.4. The maximum atomic E-state index is 12.8. The Bertz CT molecular complexity index is 1540. The molecule has 0 aromatic heterocycles. The molecule has 0 heterocycles. The minimum atomic E-state index is -0.831. The summed E-state index contributed by atoms with van der Waals surface area (Å²) >= 11 is 0. The molecule has 0 saturated carbocycles. The molecule has 0 amide bonds. The minimum Gasteiger partial charge on any atom is -0.462 e. The smallest absolute Gasteiger partial charge is 0.306 e. The summed E-state index contributed by atoms with van der Waals surface area (Å²) in [5.74, 6) is -1.03. The minimum absolute atomic E-state index is 0.118. The van der Waals surface area contributed by atoms with Gasteiger partial charge in [0.2, 0.25) is 0 Å². The van der Waals surface area contributed by atoms with E-state index in [2.05, 4.69) is 130 Å². The molecule has 0 aliphatic heterocycles. The zero-order chi connectivity index (χ0) is 52.9. The Balaban J connectivity index is 4.27. The molecule has 0 bridgehead atoms. The van der Waals surface area contributed by atoms with Gasteiger partial charge in [0.25, 0.3) is 0 Å². The van der Waals surface area contributed by atoms with E-state index in [1.165, 1.54) is 116 Å². The van der Waals surface area contributed by atoms with Crippen LogP contribution in [0.5, 0.6) is 0 Å². The molecule has 0 rings (SSSR count). The van der Waals surface area contributed by atoms with Gasteiger partial charge >= 0.3 is 17.9 Å². The van der Waals surface area contributed by atoms with Crippen LogP contribution in [0.15, 0.2) is 122 Å². The summed E-state index contributed by atoms with van der Waals surface area (Å²) in [6.07, 6.45) is 83.8. The van der Waals surface area contributed by atoms with Crippen molar-refractivity contribution in [2.45, 2.75) is 271 Å². The average Bonchev–Trinajstić information content (AvgIpc) is 3.39. The van der Waals surface area contributed by atoms with Gasteiger partial charge < -0.3 is 14.2 Å². The van der Waals surface area contributed by atoms with Crippen molar-refractivity contribution in [1.82, 2.24) is 0 Å². The second-order valence-electron chi connectivity index (χ2n) is 19.5. The molecule has 0 fully saturated rings. The van der Waals surface area contributed by atoms with Crippen LogP contribution >= 0.6 is 0 Å². The number of esters is 3. The van der Waals surface area contributed by atoms with Crippen LogP contribution < -0.4 is 0 Å². The van der Waals surface area contributed by atoms with E-state index in [1.807, 2.05) is 12.2 Å². The van der Waals surface area contributed by atoms with Crippen LogP contribution in [0.3, 0.4) is 0 Å². The highest BCUT2D eigenvalue weighted by atomic mass is 16.6. The normalized spacial score (nSPS) is 13.0. The van der Waals surface area contributed by atoms with Gasteiger partial charge in [-0.05, 0) is 116 Å². The number of ether oxygens (including phenoxy) is 3. The third kappa shape index (κ3) is 58.6. The molecule has 73 heavy (non-hydrogen) atoms. The molecule has 0 spiro atoms. The number of carbonyl (C=O) groups excluding carboxylic acids is 3.